The Balaban J connectivity index is 1.34. The van der Waals surface area contributed by atoms with Crippen molar-refractivity contribution < 1.29 is 27.9 Å². The fourth-order valence-corrected chi connectivity index (χ4v) is 7.04. The summed E-state index contributed by atoms with van der Waals surface area (Å²) in [6, 6.07) is 7.77. The van der Waals surface area contributed by atoms with Crippen molar-refractivity contribution in [3.63, 3.8) is 0 Å². The third-order valence-electron chi connectivity index (χ3n) is 8.66. The second-order valence-corrected chi connectivity index (χ2v) is 11.8. The van der Waals surface area contributed by atoms with Gasteiger partial charge in [-0.15, -0.1) is 0 Å². The number of hydrogen-bond donors (Lipinski definition) is 2. The summed E-state index contributed by atoms with van der Waals surface area (Å²) in [4.78, 5) is 11.1. The number of rotatable bonds is 7. The lowest BCUT2D eigenvalue weighted by Crippen LogP contribution is -2.66. The first-order valence-corrected chi connectivity index (χ1v) is 12.4. The molecule has 2 N–H and O–H groups in total. The molecule has 1 aromatic carbocycles. The number of aliphatic hydroxyl groups is 2. The zero-order valence-corrected chi connectivity index (χ0v) is 20.7. The zero-order valence-electron chi connectivity index (χ0n) is 20.7. The average Bonchev–Trinajstić information content (AvgIpc) is 3.26. The predicted octanol–water partition coefficient (Wildman–Crippen LogP) is 3.84. The molecule has 0 amide bonds. The summed E-state index contributed by atoms with van der Waals surface area (Å²) in [6.45, 7) is 3.33. The minimum Gasteiger partial charge on any atom is -0.396 e. The molecule has 4 aliphatic rings. The quantitative estimate of drug-likeness (QED) is 0.495. The van der Waals surface area contributed by atoms with E-state index in [4.69, 9.17) is 4.52 Å². The molecule has 2 bridgehead atoms. The molecule has 1 saturated heterocycles. The van der Waals surface area contributed by atoms with E-state index in [1.807, 2.05) is 14.0 Å². The highest BCUT2D eigenvalue weighted by atomic mass is 19.4. The topological polar surface area (TPSA) is 95.5 Å². The van der Waals surface area contributed by atoms with Crippen LogP contribution in [0.15, 0.2) is 47.2 Å². The first kappa shape index (κ1) is 24.5. The smallest absolute Gasteiger partial charge is 0.393 e. The van der Waals surface area contributed by atoms with E-state index in [1.165, 1.54) is 12.1 Å². The molecule has 3 aliphatic carbocycles. The van der Waals surface area contributed by atoms with Gasteiger partial charge in [0.15, 0.2) is 0 Å². The van der Waals surface area contributed by atoms with Crippen molar-refractivity contribution in [3.05, 3.63) is 65.3 Å². The number of hydrogen-bond acceptors (Lipinski definition) is 7. The van der Waals surface area contributed by atoms with Crippen molar-refractivity contribution in [2.24, 2.45) is 10.8 Å². The molecule has 1 atom stereocenters. The lowest BCUT2D eigenvalue weighted by molar-refractivity contribution is -0.180. The number of aliphatic hydroxyl groups excluding tert-OH is 1. The van der Waals surface area contributed by atoms with Crippen LogP contribution >= 0.6 is 0 Å². The molecule has 7 nitrogen and oxygen atoms in total. The lowest BCUT2D eigenvalue weighted by atomic mass is 9.35. The Kier molecular flexibility index (Phi) is 5.20. The van der Waals surface area contributed by atoms with Gasteiger partial charge in [-0.25, -0.2) is 0 Å². The van der Waals surface area contributed by atoms with E-state index in [0.717, 1.165) is 19.3 Å². The van der Waals surface area contributed by atoms with Crippen molar-refractivity contribution in [2.75, 3.05) is 26.7 Å². The highest BCUT2D eigenvalue weighted by Gasteiger charge is 2.70. The summed E-state index contributed by atoms with van der Waals surface area (Å²) < 4.78 is 44.3. The van der Waals surface area contributed by atoms with Gasteiger partial charge in [0.1, 0.15) is 5.60 Å². The number of halogens is 3. The minimum atomic E-state index is -4.31. The predicted molar refractivity (Wildman–Crippen MR) is 127 cm³/mol. The Bertz CT molecular complexity index is 1310. The van der Waals surface area contributed by atoms with E-state index >= 15 is 0 Å². The first-order chi connectivity index (χ1) is 17.4. The summed E-state index contributed by atoms with van der Waals surface area (Å²) in [7, 11) is 1.95. The minimum absolute atomic E-state index is 0.00756. The van der Waals surface area contributed by atoms with Crippen LogP contribution in [0, 0.1) is 10.8 Å². The molecule has 1 aliphatic heterocycles. The number of alkyl halides is 3. The van der Waals surface area contributed by atoms with Gasteiger partial charge in [-0.05, 0) is 48.9 Å². The maximum atomic E-state index is 12.9. The molecule has 7 rings (SSSR count). The molecule has 37 heavy (non-hydrogen) atoms. The Morgan fingerprint density at radius 2 is 1.73 bits per heavy atom. The van der Waals surface area contributed by atoms with Gasteiger partial charge in [-0.1, -0.05) is 36.3 Å². The van der Waals surface area contributed by atoms with Crippen LogP contribution in [0.3, 0.4) is 0 Å². The maximum Gasteiger partial charge on any atom is 0.393 e. The summed E-state index contributed by atoms with van der Waals surface area (Å²) in [6.07, 6.45) is 0.385. The second kappa shape index (κ2) is 7.85. The standard InChI is InChI=1S/C27H29F3N4O3/c1-23(14-34(2)15-23)27(36,19-5-3-17(4-6-19)8-26(28,29)30)20-7-18(9-31-10-20)21-32-22(37-33-21)25-11-24(12-25,13-25)16-35/h3-7,9-10,35-36H,8,11-16H2,1-2H3/t24?,25?,27-/m0/s1. The fraction of sp³-hybridized carbons (Fsp3) is 0.519. The van der Waals surface area contributed by atoms with Crippen molar-refractivity contribution in [3.8, 4) is 11.4 Å². The van der Waals surface area contributed by atoms with Gasteiger partial charge in [0.25, 0.3) is 0 Å². The molecule has 0 spiro atoms. The molecule has 3 saturated carbocycles. The van der Waals surface area contributed by atoms with Gasteiger partial charge in [0.05, 0.1) is 11.8 Å². The third kappa shape index (κ3) is 3.72. The van der Waals surface area contributed by atoms with Crippen LogP contribution < -0.4 is 0 Å². The molecule has 10 heteroatoms. The van der Waals surface area contributed by atoms with Crippen LogP contribution in [0.4, 0.5) is 13.2 Å². The van der Waals surface area contributed by atoms with Gasteiger partial charge in [0.2, 0.25) is 11.7 Å². The van der Waals surface area contributed by atoms with Gasteiger partial charge in [-0.3, -0.25) is 4.98 Å². The van der Waals surface area contributed by atoms with Crippen LogP contribution in [-0.4, -0.2) is 63.2 Å². The van der Waals surface area contributed by atoms with Crippen LogP contribution in [0.5, 0.6) is 0 Å². The van der Waals surface area contributed by atoms with Gasteiger partial charge in [-0.2, -0.15) is 18.2 Å². The number of likely N-dealkylation sites (tertiary alicyclic amines) is 1. The summed E-state index contributed by atoms with van der Waals surface area (Å²) in [5.41, 5.74) is -0.509. The molecule has 2 aromatic heterocycles. The van der Waals surface area contributed by atoms with E-state index < -0.39 is 23.6 Å². The molecule has 196 valence electrons. The van der Waals surface area contributed by atoms with Crippen LogP contribution in [0.2, 0.25) is 0 Å². The summed E-state index contributed by atoms with van der Waals surface area (Å²) in [5, 5.41) is 26.0. The van der Waals surface area contributed by atoms with Gasteiger partial charge < -0.3 is 19.6 Å². The normalized spacial score (nSPS) is 28.1. The van der Waals surface area contributed by atoms with Crippen LogP contribution in [-0.2, 0) is 17.4 Å². The second-order valence-electron chi connectivity index (χ2n) is 11.8. The van der Waals surface area contributed by atoms with Crippen molar-refractivity contribution in [2.45, 2.75) is 49.8 Å². The molecule has 0 radical (unpaired) electrons. The van der Waals surface area contributed by atoms with Crippen molar-refractivity contribution in [1.29, 1.82) is 0 Å². The fourth-order valence-electron chi connectivity index (χ4n) is 7.04. The van der Waals surface area contributed by atoms with Crippen molar-refractivity contribution >= 4 is 0 Å². The molecule has 3 aromatic rings. The molecular weight excluding hydrogens is 485 g/mol. The number of aromatic nitrogens is 3. The Labute approximate surface area is 212 Å². The number of benzene rings is 1. The Morgan fingerprint density at radius 3 is 2.32 bits per heavy atom. The van der Waals surface area contributed by atoms with E-state index in [-0.39, 0.29) is 23.0 Å². The first-order valence-electron chi connectivity index (χ1n) is 12.4. The molecule has 4 fully saturated rings. The molecule has 3 heterocycles. The monoisotopic (exact) mass is 514 g/mol. The van der Waals surface area contributed by atoms with Crippen LogP contribution in [0.25, 0.3) is 11.4 Å². The van der Waals surface area contributed by atoms with E-state index in [2.05, 4.69) is 20.0 Å². The summed E-state index contributed by atoms with van der Waals surface area (Å²) in [5.74, 6) is 0.928. The SMILES string of the molecule is CN1CC(C)([C@](O)(c2ccc(CC(F)(F)F)cc2)c2cncc(-c3noc(C45CC(CO)(C4)C5)n3)c2)C1. The highest BCUT2D eigenvalue weighted by Crippen LogP contribution is 2.73. The average molecular weight is 515 g/mol. The van der Waals surface area contributed by atoms with E-state index in [9.17, 15) is 23.4 Å². The lowest BCUT2D eigenvalue weighted by Gasteiger charge is -2.68. The number of pyridine rings is 1. The van der Waals surface area contributed by atoms with E-state index in [1.54, 1.807) is 30.6 Å². The van der Waals surface area contributed by atoms with Gasteiger partial charge >= 0.3 is 6.18 Å². The number of nitrogens with zero attached hydrogens (tertiary/aromatic N) is 4. The maximum absolute atomic E-state index is 12.9. The Morgan fingerprint density at radius 1 is 1.05 bits per heavy atom. The Hall–Kier alpha value is -2.82. The highest BCUT2D eigenvalue weighted by molar-refractivity contribution is 5.56. The van der Waals surface area contributed by atoms with Crippen molar-refractivity contribution in [1.82, 2.24) is 20.0 Å². The molecular formula is C27H29F3N4O3. The third-order valence-corrected chi connectivity index (χ3v) is 8.66. The van der Waals surface area contributed by atoms with E-state index in [0.29, 0.717) is 41.5 Å². The van der Waals surface area contributed by atoms with Crippen LogP contribution in [0.1, 0.15) is 48.8 Å². The molecule has 0 unspecified atom stereocenters. The largest absolute Gasteiger partial charge is 0.396 e. The zero-order chi connectivity index (χ0) is 26.3. The van der Waals surface area contributed by atoms with Gasteiger partial charge in [0, 0.05) is 48.6 Å². The summed E-state index contributed by atoms with van der Waals surface area (Å²) >= 11 is 0.